The molecule has 2 aromatic heterocycles. The third-order valence-electron chi connectivity index (χ3n) is 4.13. The zero-order chi connectivity index (χ0) is 16.7. The fourth-order valence-electron chi connectivity index (χ4n) is 3.09. The van der Waals surface area contributed by atoms with Gasteiger partial charge < -0.3 is 0 Å². The number of hydrogen-bond donors (Lipinski definition) is 2. The number of halogens is 1. The summed E-state index contributed by atoms with van der Waals surface area (Å²) in [7, 11) is 0. The molecule has 0 aliphatic carbocycles. The molecule has 1 saturated heterocycles. The predicted octanol–water partition coefficient (Wildman–Crippen LogP) is 3.46. The first-order valence-corrected chi connectivity index (χ1v) is 9.28. The van der Waals surface area contributed by atoms with Crippen molar-refractivity contribution < 1.29 is 0 Å². The zero-order valence-electron chi connectivity index (χ0n) is 13.5. The summed E-state index contributed by atoms with van der Waals surface area (Å²) in [5, 5.41) is 15.0. The number of benzene rings is 1. The molecule has 0 amide bonds. The number of rotatable bonds is 4. The average molecular weight is 363 g/mol. The fourth-order valence-corrected chi connectivity index (χ4v) is 4.18. The minimum absolute atomic E-state index is 0.215. The molecule has 4 rings (SSSR count). The van der Waals surface area contributed by atoms with Crippen molar-refractivity contribution in [3.05, 3.63) is 34.3 Å². The lowest BCUT2D eigenvalue weighted by Crippen LogP contribution is -2.31. The summed E-state index contributed by atoms with van der Waals surface area (Å²) >= 11 is 7.66. The Hall–Kier alpha value is -1.54. The van der Waals surface area contributed by atoms with E-state index in [-0.39, 0.29) is 6.04 Å². The van der Waals surface area contributed by atoms with E-state index < -0.39 is 0 Å². The Morgan fingerprint density at radius 1 is 1.33 bits per heavy atom. The maximum absolute atomic E-state index is 6.09. The van der Waals surface area contributed by atoms with Crippen molar-refractivity contribution in [1.29, 1.82) is 0 Å². The van der Waals surface area contributed by atoms with E-state index in [4.69, 9.17) is 16.7 Å². The van der Waals surface area contributed by atoms with Gasteiger partial charge in [-0.05, 0) is 30.9 Å². The maximum Gasteiger partial charge on any atom is 0.235 e. The summed E-state index contributed by atoms with van der Waals surface area (Å²) in [5.41, 5.74) is 7.66. The van der Waals surface area contributed by atoms with Crippen molar-refractivity contribution in [1.82, 2.24) is 30.7 Å². The van der Waals surface area contributed by atoms with E-state index in [9.17, 15) is 0 Å². The van der Waals surface area contributed by atoms with Crippen LogP contribution in [-0.2, 0) is 0 Å². The van der Waals surface area contributed by atoms with Gasteiger partial charge in [-0.2, -0.15) is 9.61 Å². The minimum Gasteiger partial charge on any atom is -0.254 e. The molecule has 1 aromatic carbocycles. The van der Waals surface area contributed by atoms with E-state index in [2.05, 4.69) is 34.9 Å². The van der Waals surface area contributed by atoms with Crippen LogP contribution in [0.25, 0.3) is 16.3 Å². The van der Waals surface area contributed by atoms with Crippen LogP contribution in [0.4, 0.5) is 0 Å². The highest BCUT2D eigenvalue weighted by atomic mass is 35.5. The quantitative estimate of drug-likeness (QED) is 0.744. The van der Waals surface area contributed by atoms with Gasteiger partial charge in [-0.15, -0.1) is 10.2 Å². The molecule has 0 saturated carbocycles. The van der Waals surface area contributed by atoms with Gasteiger partial charge in [0.15, 0.2) is 5.82 Å². The molecule has 1 aliphatic heterocycles. The van der Waals surface area contributed by atoms with E-state index in [0.29, 0.717) is 17.0 Å². The highest BCUT2D eigenvalue weighted by molar-refractivity contribution is 7.16. The van der Waals surface area contributed by atoms with Crippen molar-refractivity contribution in [3.63, 3.8) is 0 Å². The second-order valence-electron chi connectivity index (χ2n) is 6.57. The number of hydrazine groups is 1. The molecule has 1 fully saturated rings. The third-order valence-corrected chi connectivity index (χ3v) is 5.37. The Labute approximate surface area is 149 Å². The Morgan fingerprint density at radius 2 is 2.21 bits per heavy atom. The Bertz CT molecular complexity index is 857. The Morgan fingerprint density at radius 3 is 3.00 bits per heavy atom. The zero-order valence-corrected chi connectivity index (χ0v) is 15.1. The number of fused-ring (bicyclic) bond motifs is 1. The monoisotopic (exact) mass is 362 g/mol. The van der Waals surface area contributed by atoms with E-state index in [1.54, 1.807) is 11.3 Å². The predicted molar refractivity (Wildman–Crippen MR) is 96.0 cm³/mol. The van der Waals surface area contributed by atoms with Gasteiger partial charge in [0.2, 0.25) is 4.96 Å². The molecule has 2 unspecified atom stereocenters. The standard InChI is InChI=1S/C16H19ClN6S/c1-9(2)6-12-8-13(19-18-12)15-22-23-14(20-21-16(23)24-15)10-4-3-5-11(17)7-10/h3-5,7,9,12-13,18-19H,6,8H2,1-2H3. The molecule has 1 aliphatic rings. The maximum atomic E-state index is 6.09. The largest absolute Gasteiger partial charge is 0.254 e. The highest BCUT2D eigenvalue weighted by Gasteiger charge is 2.28. The van der Waals surface area contributed by atoms with Crippen LogP contribution in [0.3, 0.4) is 0 Å². The van der Waals surface area contributed by atoms with Gasteiger partial charge in [-0.3, -0.25) is 5.43 Å². The van der Waals surface area contributed by atoms with Gasteiger partial charge >= 0.3 is 0 Å². The number of nitrogens with zero attached hydrogens (tertiary/aromatic N) is 4. The minimum atomic E-state index is 0.215. The summed E-state index contributed by atoms with van der Waals surface area (Å²) in [6.45, 7) is 4.49. The van der Waals surface area contributed by atoms with Gasteiger partial charge in [0.05, 0.1) is 6.04 Å². The van der Waals surface area contributed by atoms with Crippen LogP contribution in [0.1, 0.15) is 37.7 Å². The molecule has 3 heterocycles. The van der Waals surface area contributed by atoms with Crippen LogP contribution < -0.4 is 10.9 Å². The van der Waals surface area contributed by atoms with E-state index in [1.165, 1.54) is 0 Å². The number of aromatic nitrogens is 4. The first-order valence-electron chi connectivity index (χ1n) is 8.09. The lowest BCUT2D eigenvalue weighted by atomic mass is 10.0. The van der Waals surface area contributed by atoms with Crippen LogP contribution in [0.15, 0.2) is 24.3 Å². The van der Waals surface area contributed by atoms with Gasteiger partial charge in [0, 0.05) is 16.6 Å². The molecule has 0 radical (unpaired) electrons. The van der Waals surface area contributed by atoms with Crippen LogP contribution in [0.5, 0.6) is 0 Å². The molecule has 2 N–H and O–H groups in total. The van der Waals surface area contributed by atoms with E-state index in [1.807, 2.05) is 28.8 Å². The Balaban J connectivity index is 1.61. The van der Waals surface area contributed by atoms with Gasteiger partial charge in [0.25, 0.3) is 0 Å². The van der Waals surface area contributed by atoms with Crippen molar-refractivity contribution >= 4 is 27.9 Å². The third kappa shape index (κ3) is 3.04. The number of nitrogens with one attached hydrogen (secondary N) is 2. The first kappa shape index (κ1) is 16.0. The molecule has 3 aromatic rings. The van der Waals surface area contributed by atoms with Crippen LogP contribution in [0, 0.1) is 5.92 Å². The van der Waals surface area contributed by atoms with Crippen LogP contribution >= 0.6 is 22.9 Å². The molecule has 2 atom stereocenters. The number of hydrogen-bond acceptors (Lipinski definition) is 6. The van der Waals surface area contributed by atoms with Crippen LogP contribution in [0.2, 0.25) is 5.02 Å². The van der Waals surface area contributed by atoms with Gasteiger partial charge in [-0.1, -0.05) is 48.9 Å². The van der Waals surface area contributed by atoms with E-state index >= 15 is 0 Å². The Kier molecular flexibility index (Phi) is 4.26. The molecule has 24 heavy (non-hydrogen) atoms. The lowest BCUT2D eigenvalue weighted by Gasteiger charge is -2.10. The summed E-state index contributed by atoms with van der Waals surface area (Å²) in [6.07, 6.45) is 2.19. The summed E-state index contributed by atoms with van der Waals surface area (Å²) in [6, 6.07) is 8.30. The molecule has 8 heteroatoms. The van der Waals surface area contributed by atoms with Crippen molar-refractivity contribution in [2.45, 2.75) is 38.8 Å². The summed E-state index contributed by atoms with van der Waals surface area (Å²) in [4.78, 5) is 0.800. The lowest BCUT2D eigenvalue weighted by molar-refractivity contribution is 0.446. The molecule has 6 nitrogen and oxygen atoms in total. The molecular weight excluding hydrogens is 344 g/mol. The van der Waals surface area contributed by atoms with Crippen molar-refractivity contribution in [2.24, 2.45) is 5.92 Å². The molecular formula is C16H19ClN6S. The first-order chi connectivity index (χ1) is 11.6. The molecule has 126 valence electrons. The van der Waals surface area contributed by atoms with Gasteiger partial charge in [0.1, 0.15) is 5.01 Å². The fraction of sp³-hybridized carbons (Fsp3) is 0.438. The summed E-state index contributed by atoms with van der Waals surface area (Å²) in [5.74, 6) is 1.40. The molecule has 0 spiro atoms. The second kappa shape index (κ2) is 6.40. The second-order valence-corrected chi connectivity index (χ2v) is 8.00. The van der Waals surface area contributed by atoms with E-state index in [0.717, 1.165) is 34.2 Å². The molecule has 0 bridgehead atoms. The van der Waals surface area contributed by atoms with Crippen molar-refractivity contribution in [2.75, 3.05) is 0 Å². The highest BCUT2D eigenvalue weighted by Crippen LogP contribution is 2.30. The normalized spacial score (nSPS) is 21.2. The SMILES string of the molecule is CC(C)CC1CC(c2nn3c(-c4cccc(Cl)c4)nnc3s2)NN1. The topological polar surface area (TPSA) is 67.1 Å². The van der Waals surface area contributed by atoms with Crippen molar-refractivity contribution in [3.8, 4) is 11.4 Å². The summed E-state index contributed by atoms with van der Waals surface area (Å²) < 4.78 is 1.81. The van der Waals surface area contributed by atoms with Crippen LogP contribution in [-0.4, -0.2) is 25.9 Å². The van der Waals surface area contributed by atoms with Gasteiger partial charge in [-0.25, -0.2) is 5.43 Å². The average Bonchev–Trinajstić information content (AvgIpc) is 3.20. The smallest absolute Gasteiger partial charge is 0.235 e.